The second-order valence-corrected chi connectivity index (χ2v) is 2.73. The molecular formula is C9H13N3O2. The zero-order chi connectivity index (χ0) is 10.4. The van der Waals surface area contributed by atoms with Crippen LogP contribution in [-0.2, 0) is 9.53 Å². The van der Waals surface area contributed by atoms with Crippen molar-refractivity contribution in [2.75, 3.05) is 24.8 Å². The fraction of sp³-hybridized carbons (Fsp3) is 0.333. The summed E-state index contributed by atoms with van der Waals surface area (Å²) >= 11 is 0. The third-order valence-electron chi connectivity index (χ3n) is 1.63. The molecule has 1 rings (SSSR count). The van der Waals surface area contributed by atoms with Crippen molar-refractivity contribution in [3.63, 3.8) is 0 Å². The standard InChI is InChI=1S/C9H13N3O2/c1-14-6-4-8(13)12-9-7(10)3-2-5-11-9/h2-3,5H,4,6,10H2,1H3,(H,11,12,13). The Bertz CT molecular complexity index is 315. The van der Waals surface area contributed by atoms with Gasteiger partial charge in [-0.2, -0.15) is 0 Å². The molecule has 0 aliphatic rings. The Balaban J connectivity index is 2.52. The van der Waals surface area contributed by atoms with E-state index >= 15 is 0 Å². The van der Waals surface area contributed by atoms with Crippen LogP contribution in [0.15, 0.2) is 18.3 Å². The van der Waals surface area contributed by atoms with Gasteiger partial charge in [-0.05, 0) is 12.1 Å². The van der Waals surface area contributed by atoms with E-state index in [-0.39, 0.29) is 5.91 Å². The van der Waals surface area contributed by atoms with Gasteiger partial charge in [-0.3, -0.25) is 4.79 Å². The molecule has 3 N–H and O–H groups in total. The quantitative estimate of drug-likeness (QED) is 0.739. The highest BCUT2D eigenvalue weighted by molar-refractivity contribution is 5.92. The number of nitrogens with one attached hydrogen (secondary N) is 1. The molecule has 1 amide bonds. The maximum atomic E-state index is 11.2. The molecule has 5 heteroatoms. The summed E-state index contributed by atoms with van der Waals surface area (Å²) in [7, 11) is 1.54. The number of nitrogens with two attached hydrogens (primary N) is 1. The average molecular weight is 195 g/mol. The first-order valence-electron chi connectivity index (χ1n) is 4.23. The van der Waals surface area contributed by atoms with Crippen LogP contribution in [0.1, 0.15) is 6.42 Å². The van der Waals surface area contributed by atoms with Crippen molar-refractivity contribution in [3.05, 3.63) is 18.3 Å². The van der Waals surface area contributed by atoms with Crippen LogP contribution in [0.4, 0.5) is 11.5 Å². The zero-order valence-electron chi connectivity index (χ0n) is 7.99. The maximum Gasteiger partial charge on any atom is 0.227 e. The van der Waals surface area contributed by atoms with Gasteiger partial charge in [-0.1, -0.05) is 0 Å². The second-order valence-electron chi connectivity index (χ2n) is 2.73. The Hall–Kier alpha value is -1.62. The molecule has 0 fully saturated rings. The number of amides is 1. The van der Waals surface area contributed by atoms with Crippen LogP contribution in [0.3, 0.4) is 0 Å². The topological polar surface area (TPSA) is 77.2 Å². The van der Waals surface area contributed by atoms with E-state index in [2.05, 4.69) is 10.3 Å². The number of hydrogen-bond acceptors (Lipinski definition) is 4. The van der Waals surface area contributed by atoms with Gasteiger partial charge < -0.3 is 15.8 Å². The number of rotatable bonds is 4. The highest BCUT2D eigenvalue weighted by Gasteiger charge is 2.04. The molecule has 0 aliphatic carbocycles. The number of carbonyl (C=O) groups excluding carboxylic acids is 1. The molecule has 76 valence electrons. The van der Waals surface area contributed by atoms with Crippen molar-refractivity contribution in [2.45, 2.75) is 6.42 Å². The summed E-state index contributed by atoms with van der Waals surface area (Å²) in [5.41, 5.74) is 6.05. The van der Waals surface area contributed by atoms with Crippen LogP contribution in [0.5, 0.6) is 0 Å². The molecule has 0 saturated carbocycles. The normalized spacial score (nSPS) is 9.79. The maximum absolute atomic E-state index is 11.2. The van der Waals surface area contributed by atoms with E-state index in [4.69, 9.17) is 10.5 Å². The molecule has 5 nitrogen and oxygen atoms in total. The van der Waals surface area contributed by atoms with Gasteiger partial charge in [0.25, 0.3) is 0 Å². The summed E-state index contributed by atoms with van der Waals surface area (Å²) in [6.45, 7) is 0.387. The molecule has 0 bridgehead atoms. The summed E-state index contributed by atoms with van der Waals surface area (Å²) in [4.78, 5) is 15.2. The highest BCUT2D eigenvalue weighted by Crippen LogP contribution is 2.12. The minimum atomic E-state index is -0.155. The van der Waals surface area contributed by atoms with Gasteiger partial charge in [0, 0.05) is 13.3 Å². The zero-order valence-corrected chi connectivity index (χ0v) is 7.99. The summed E-state index contributed by atoms with van der Waals surface area (Å²) < 4.78 is 4.77. The van der Waals surface area contributed by atoms with E-state index in [1.165, 1.54) is 0 Å². The lowest BCUT2D eigenvalue weighted by molar-refractivity contribution is -0.117. The fourth-order valence-electron chi connectivity index (χ4n) is 0.912. The van der Waals surface area contributed by atoms with Gasteiger partial charge in [0.2, 0.25) is 5.91 Å². The van der Waals surface area contributed by atoms with E-state index in [0.29, 0.717) is 24.5 Å². The second kappa shape index (κ2) is 5.18. The summed E-state index contributed by atoms with van der Waals surface area (Å²) in [6.07, 6.45) is 1.87. The molecule has 0 atom stereocenters. The Morgan fingerprint density at radius 3 is 3.14 bits per heavy atom. The number of aromatic nitrogens is 1. The number of anilines is 2. The van der Waals surface area contributed by atoms with Crippen LogP contribution in [0.25, 0.3) is 0 Å². The van der Waals surface area contributed by atoms with Gasteiger partial charge in [0.1, 0.15) is 0 Å². The Morgan fingerprint density at radius 2 is 2.50 bits per heavy atom. The van der Waals surface area contributed by atoms with E-state index in [1.807, 2.05) is 0 Å². The van der Waals surface area contributed by atoms with Crippen molar-refractivity contribution in [2.24, 2.45) is 0 Å². The van der Waals surface area contributed by atoms with E-state index in [9.17, 15) is 4.79 Å². The number of hydrogen-bond donors (Lipinski definition) is 2. The van der Waals surface area contributed by atoms with E-state index in [0.717, 1.165) is 0 Å². The third kappa shape index (κ3) is 3.02. The van der Waals surface area contributed by atoms with Crippen LogP contribution >= 0.6 is 0 Å². The highest BCUT2D eigenvalue weighted by atomic mass is 16.5. The van der Waals surface area contributed by atoms with Crippen LogP contribution in [0.2, 0.25) is 0 Å². The molecule has 14 heavy (non-hydrogen) atoms. The number of nitrogens with zero attached hydrogens (tertiary/aromatic N) is 1. The Labute approximate surface area is 82.3 Å². The number of carbonyl (C=O) groups is 1. The van der Waals surface area contributed by atoms with Crippen LogP contribution in [-0.4, -0.2) is 24.6 Å². The molecule has 0 aromatic carbocycles. The lowest BCUT2D eigenvalue weighted by Crippen LogP contribution is -2.15. The minimum absolute atomic E-state index is 0.155. The summed E-state index contributed by atoms with van der Waals surface area (Å²) in [6, 6.07) is 3.39. The predicted molar refractivity (Wildman–Crippen MR) is 53.8 cm³/mol. The summed E-state index contributed by atoms with van der Waals surface area (Å²) in [5.74, 6) is 0.242. The van der Waals surface area contributed by atoms with Crippen molar-refractivity contribution < 1.29 is 9.53 Å². The van der Waals surface area contributed by atoms with Gasteiger partial charge in [0.05, 0.1) is 18.7 Å². The first-order valence-corrected chi connectivity index (χ1v) is 4.23. The predicted octanol–water partition coefficient (Wildman–Crippen LogP) is 0.639. The number of ether oxygens (including phenoxy) is 1. The largest absolute Gasteiger partial charge is 0.396 e. The molecule has 0 spiro atoms. The van der Waals surface area contributed by atoms with Gasteiger partial charge in [-0.25, -0.2) is 4.98 Å². The first-order chi connectivity index (χ1) is 6.74. The number of nitrogen functional groups attached to an aromatic ring is 1. The molecule has 0 radical (unpaired) electrons. The molecule has 1 aromatic heterocycles. The monoisotopic (exact) mass is 195 g/mol. The Kier molecular flexibility index (Phi) is 3.87. The van der Waals surface area contributed by atoms with Crippen molar-refractivity contribution in [3.8, 4) is 0 Å². The van der Waals surface area contributed by atoms with Gasteiger partial charge >= 0.3 is 0 Å². The summed E-state index contributed by atoms with van der Waals surface area (Å²) in [5, 5.41) is 2.59. The molecule has 0 unspecified atom stereocenters. The molecule has 1 aromatic rings. The van der Waals surface area contributed by atoms with Crippen LogP contribution < -0.4 is 11.1 Å². The van der Waals surface area contributed by atoms with Crippen LogP contribution in [0, 0.1) is 0 Å². The fourth-order valence-corrected chi connectivity index (χ4v) is 0.912. The van der Waals surface area contributed by atoms with E-state index < -0.39 is 0 Å². The molecule has 0 aliphatic heterocycles. The van der Waals surface area contributed by atoms with Gasteiger partial charge in [-0.15, -0.1) is 0 Å². The lowest BCUT2D eigenvalue weighted by Gasteiger charge is -2.05. The van der Waals surface area contributed by atoms with E-state index in [1.54, 1.807) is 25.4 Å². The number of pyridine rings is 1. The van der Waals surface area contributed by atoms with Gasteiger partial charge in [0.15, 0.2) is 5.82 Å². The van der Waals surface area contributed by atoms with Crippen molar-refractivity contribution in [1.29, 1.82) is 0 Å². The van der Waals surface area contributed by atoms with Crippen molar-refractivity contribution >= 4 is 17.4 Å². The first kappa shape index (κ1) is 10.5. The molecule has 0 saturated heterocycles. The average Bonchev–Trinajstić information content (AvgIpc) is 2.18. The Morgan fingerprint density at radius 1 is 1.71 bits per heavy atom. The molecular weight excluding hydrogens is 182 g/mol. The third-order valence-corrected chi connectivity index (χ3v) is 1.63. The molecule has 1 heterocycles. The smallest absolute Gasteiger partial charge is 0.227 e. The minimum Gasteiger partial charge on any atom is -0.396 e. The van der Waals surface area contributed by atoms with Crippen molar-refractivity contribution in [1.82, 2.24) is 4.98 Å². The SMILES string of the molecule is COCCC(=O)Nc1ncccc1N. The lowest BCUT2D eigenvalue weighted by atomic mass is 10.3. The number of methoxy groups -OCH3 is 1.